The molecule has 2 aromatic carbocycles. The molecule has 5 rings (SSSR count). The number of benzene rings is 2. The van der Waals surface area contributed by atoms with Crippen LogP contribution in [0, 0.1) is 15.9 Å². The molecule has 0 radical (unpaired) electrons. The first-order valence-corrected chi connectivity index (χ1v) is 14.1. The lowest BCUT2D eigenvalue weighted by Crippen LogP contribution is -2.51. The first-order valence-electron chi connectivity index (χ1n) is 13.7. The van der Waals surface area contributed by atoms with Crippen molar-refractivity contribution in [2.24, 2.45) is 0 Å². The second-order valence-corrected chi connectivity index (χ2v) is 11.3. The van der Waals surface area contributed by atoms with Crippen molar-refractivity contribution < 1.29 is 32.0 Å². The lowest BCUT2D eigenvalue weighted by molar-refractivity contribution is -0.388. The average molecular weight is 597 g/mol. The van der Waals surface area contributed by atoms with E-state index in [-0.39, 0.29) is 29.8 Å². The SMILES string of the molecule is O=[N+]([O-])c1ccc(NC2CCC(OCC(=S)N3CCN(CC4Cc5cc(F)ccc5O4)CC3)CC2)cc1C(F)(F)F. The highest BCUT2D eigenvalue weighted by Crippen LogP contribution is 2.38. The molecule has 3 aliphatic rings. The number of hydrogen-bond donors (Lipinski definition) is 1. The van der Waals surface area contributed by atoms with Crippen molar-refractivity contribution in [3.8, 4) is 5.75 Å². The number of nitrogens with one attached hydrogen (secondary N) is 1. The Hall–Kier alpha value is -3.03. The number of nitro groups is 1. The molecule has 1 atom stereocenters. The number of hydrogen-bond acceptors (Lipinski definition) is 7. The van der Waals surface area contributed by atoms with E-state index in [1.54, 1.807) is 12.1 Å². The van der Waals surface area contributed by atoms with Crippen LogP contribution in [-0.2, 0) is 17.3 Å². The molecule has 13 heteroatoms. The topological polar surface area (TPSA) is 80.1 Å². The summed E-state index contributed by atoms with van der Waals surface area (Å²) in [4.78, 5) is 15.2. The largest absolute Gasteiger partial charge is 0.488 e. The Labute approximate surface area is 240 Å². The Kier molecular flexibility index (Phi) is 8.95. The minimum Gasteiger partial charge on any atom is -0.488 e. The monoisotopic (exact) mass is 596 g/mol. The van der Waals surface area contributed by atoms with Gasteiger partial charge >= 0.3 is 6.18 Å². The van der Waals surface area contributed by atoms with Gasteiger partial charge in [0.2, 0.25) is 0 Å². The minimum atomic E-state index is -4.81. The molecule has 0 spiro atoms. The first kappa shape index (κ1) is 29.5. The van der Waals surface area contributed by atoms with Crippen LogP contribution in [0.25, 0.3) is 0 Å². The molecule has 2 heterocycles. The molecule has 222 valence electrons. The standard InChI is InChI=1S/C28H32F4N4O4S/c29-19-1-8-26-18(13-19)14-23(40-26)16-34-9-11-35(12-10-34)27(41)17-39-22-5-2-20(3-6-22)33-21-4-7-25(36(37)38)24(15-21)28(30,31)32/h1,4,7-8,13,15,20,22-23,33H,2-3,5-6,9-12,14,16-17H2. The Morgan fingerprint density at radius 1 is 1.10 bits per heavy atom. The van der Waals surface area contributed by atoms with Crippen molar-refractivity contribution in [2.75, 3.05) is 44.6 Å². The number of rotatable bonds is 8. The molecule has 0 aromatic heterocycles. The van der Waals surface area contributed by atoms with Gasteiger partial charge in [-0.05, 0) is 56.0 Å². The summed E-state index contributed by atoms with van der Waals surface area (Å²) in [7, 11) is 0. The van der Waals surface area contributed by atoms with Crippen molar-refractivity contribution in [3.63, 3.8) is 0 Å². The maximum Gasteiger partial charge on any atom is 0.423 e. The van der Waals surface area contributed by atoms with E-state index >= 15 is 0 Å². The molecule has 2 aliphatic heterocycles. The Morgan fingerprint density at radius 3 is 2.51 bits per heavy atom. The van der Waals surface area contributed by atoms with Crippen LogP contribution in [0.2, 0.25) is 0 Å². The van der Waals surface area contributed by atoms with Crippen LogP contribution in [0.1, 0.15) is 36.8 Å². The van der Waals surface area contributed by atoms with Gasteiger partial charge in [0.15, 0.2) is 0 Å². The lowest BCUT2D eigenvalue weighted by atomic mass is 9.92. The predicted octanol–water partition coefficient (Wildman–Crippen LogP) is 5.44. The van der Waals surface area contributed by atoms with E-state index in [2.05, 4.69) is 15.1 Å². The van der Waals surface area contributed by atoms with Crippen molar-refractivity contribution >= 4 is 28.6 Å². The summed E-state index contributed by atoms with van der Waals surface area (Å²) in [5, 5.41) is 14.1. The Bertz CT molecular complexity index is 1260. The van der Waals surface area contributed by atoms with Gasteiger partial charge in [-0.25, -0.2) is 4.39 Å². The fraction of sp³-hybridized carbons (Fsp3) is 0.536. The smallest absolute Gasteiger partial charge is 0.423 e. The molecule has 1 aliphatic carbocycles. The van der Waals surface area contributed by atoms with E-state index in [4.69, 9.17) is 21.7 Å². The van der Waals surface area contributed by atoms with Crippen LogP contribution in [0.5, 0.6) is 5.75 Å². The summed E-state index contributed by atoms with van der Waals surface area (Å²) in [6.07, 6.45) is -1.19. The molecule has 0 amide bonds. The first-order chi connectivity index (χ1) is 19.5. The molecule has 1 unspecified atom stereocenters. The molecule has 1 saturated carbocycles. The quantitative estimate of drug-likeness (QED) is 0.187. The molecule has 8 nitrogen and oxygen atoms in total. The number of nitro benzene ring substituents is 1. The van der Waals surface area contributed by atoms with Crippen LogP contribution < -0.4 is 10.1 Å². The fourth-order valence-electron chi connectivity index (χ4n) is 5.76. The Morgan fingerprint density at radius 2 is 1.83 bits per heavy atom. The number of alkyl halides is 3. The maximum atomic E-state index is 13.5. The van der Waals surface area contributed by atoms with Gasteiger partial charge in [-0.15, -0.1) is 0 Å². The molecule has 1 N–H and O–H groups in total. The summed E-state index contributed by atoms with van der Waals surface area (Å²) >= 11 is 5.64. The Balaban J connectivity index is 1.00. The molecule has 2 fully saturated rings. The van der Waals surface area contributed by atoms with Crippen molar-refractivity contribution in [1.82, 2.24) is 9.80 Å². The summed E-state index contributed by atoms with van der Waals surface area (Å²) in [5.74, 6) is 0.521. The zero-order valence-electron chi connectivity index (χ0n) is 22.4. The van der Waals surface area contributed by atoms with Crippen molar-refractivity contribution in [2.45, 2.75) is 56.5 Å². The van der Waals surface area contributed by atoms with Gasteiger partial charge in [0, 0.05) is 62.5 Å². The van der Waals surface area contributed by atoms with Crippen LogP contribution in [0.4, 0.5) is 28.9 Å². The number of nitrogens with zero attached hydrogens (tertiary/aromatic N) is 3. The summed E-state index contributed by atoms with van der Waals surface area (Å²) in [5.41, 5.74) is -1.08. The summed E-state index contributed by atoms with van der Waals surface area (Å²) in [6.45, 7) is 4.41. The van der Waals surface area contributed by atoms with Crippen LogP contribution in [-0.4, -0.2) is 77.3 Å². The van der Waals surface area contributed by atoms with Gasteiger partial charge < -0.3 is 19.7 Å². The minimum absolute atomic E-state index is 0.0147. The molecule has 1 saturated heterocycles. The second kappa shape index (κ2) is 12.5. The van der Waals surface area contributed by atoms with E-state index in [0.717, 1.165) is 74.0 Å². The third-order valence-corrected chi connectivity index (χ3v) is 8.31. The van der Waals surface area contributed by atoms with Gasteiger partial charge in [0.25, 0.3) is 5.69 Å². The molecular weight excluding hydrogens is 564 g/mol. The number of halogens is 4. The summed E-state index contributed by atoms with van der Waals surface area (Å²) in [6, 6.07) is 7.62. The van der Waals surface area contributed by atoms with E-state index in [0.29, 0.717) is 25.9 Å². The molecule has 2 aromatic rings. The van der Waals surface area contributed by atoms with Crippen LogP contribution >= 0.6 is 12.2 Å². The van der Waals surface area contributed by atoms with Crippen LogP contribution in [0.3, 0.4) is 0 Å². The average Bonchev–Trinajstić information content (AvgIpc) is 3.33. The van der Waals surface area contributed by atoms with E-state index < -0.39 is 22.4 Å². The number of thiocarbonyl (C=S) groups is 1. The lowest BCUT2D eigenvalue weighted by Gasteiger charge is -2.37. The number of ether oxygens (including phenoxy) is 2. The zero-order chi connectivity index (χ0) is 29.1. The highest BCUT2D eigenvalue weighted by atomic mass is 32.1. The molecule has 0 bridgehead atoms. The van der Waals surface area contributed by atoms with Crippen molar-refractivity contribution in [3.05, 3.63) is 63.5 Å². The van der Waals surface area contributed by atoms with Gasteiger partial charge in [-0.1, -0.05) is 12.2 Å². The van der Waals surface area contributed by atoms with E-state index in [9.17, 15) is 27.7 Å². The fourth-order valence-corrected chi connectivity index (χ4v) is 6.01. The zero-order valence-corrected chi connectivity index (χ0v) is 23.2. The van der Waals surface area contributed by atoms with Gasteiger partial charge in [-0.2, -0.15) is 13.2 Å². The third kappa shape index (κ3) is 7.44. The summed E-state index contributed by atoms with van der Waals surface area (Å²) < 4.78 is 65.4. The van der Waals surface area contributed by atoms with E-state index in [1.807, 2.05) is 0 Å². The second-order valence-electron chi connectivity index (χ2n) is 10.8. The highest BCUT2D eigenvalue weighted by molar-refractivity contribution is 7.80. The normalized spacial score (nSPS) is 23.1. The van der Waals surface area contributed by atoms with Gasteiger partial charge in [0.05, 0.1) is 17.6 Å². The highest BCUT2D eigenvalue weighted by Gasteiger charge is 2.38. The van der Waals surface area contributed by atoms with Crippen LogP contribution in [0.15, 0.2) is 36.4 Å². The van der Waals surface area contributed by atoms with Crippen molar-refractivity contribution in [1.29, 1.82) is 0 Å². The number of piperazine rings is 1. The van der Waals surface area contributed by atoms with Gasteiger partial charge in [0.1, 0.15) is 28.2 Å². The maximum absolute atomic E-state index is 13.5. The molecule has 41 heavy (non-hydrogen) atoms. The predicted molar refractivity (Wildman–Crippen MR) is 149 cm³/mol. The third-order valence-electron chi connectivity index (χ3n) is 7.94. The van der Waals surface area contributed by atoms with E-state index in [1.165, 1.54) is 12.1 Å². The van der Waals surface area contributed by atoms with Gasteiger partial charge in [-0.3, -0.25) is 15.0 Å². The molecular formula is C28H32F4N4O4S. The number of anilines is 1. The number of fused-ring (bicyclic) bond motifs is 1.